The number of benzene rings is 1. The Labute approximate surface area is 134 Å². The average molecular weight is 313 g/mol. The molecule has 2 aliphatic carbocycles. The number of aliphatic hydroxyl groups excluding tert-OH is 2. The van der Waals surface area contributed by atoms with Crippen LogP contribution in [0, 0.1) is 23.7 Å². The number of likely N-dealkylation sites (tertiary alicyclic amines) is 1. The predicted molar refractivity (Wildman–Crippen MR) is 81.8 cm³/mol. The minimum absolute atomic E-state index is 0.125. The maximum Gasteiger partial charge on any atom is 0.234 e. The molecule has 0 aromatic heterocycles. The molecule has 6 atom stereocenters. The summed E-state index contributed by atoms with van der Waals surface area (Å²) in [7, 11) is 0. The standard InChI is InChI=1S/C18H19NO4/c20-9-13(16(21)10-4-2-1-3-5-10)19-17(22)14-11-6-7-12(8-11)15(14)18(19)23/h1-7,11-16,20-21H,8-9H2/t11-,12+,13-,14?,15?,16-/m0/s1. The van der Waals surface area contributed by atoms with Gasteiger partial charge >= 0.3 is 0 Å². The molecule has 1 saturated carbocycles. The number of allylic oxidation sites excluding steroid dienone is 2. The van der Waals surface area contributed by atoms with Gasteiger partial charge in [-0.05, 0) is 23.8 Å². The van der Waals surface area contributed by atoms with E-state index in [0.29, 0.717) is 5.56 Å². The lowest BCUT2D eigenvalue weighted by atomic mass is 9.85. The van der Waals surface area contributed by atoms with E-state index < -0.39 is 18.8 Å². The topological polar surface area (TPSA) is 77.8 Å². The van der Waals surface area contributed by atoms with Crippen molar-refractivity contribution in [2.24, 2.45) is 23.7 Å². The van der Waals surface area contributed by atoms with Gasteiger partial charge in [-0.15, -0.1) is 0 Å². The number of hydrogen-bond acceptors (Lipinski definition) is 4. The number of hydrogen-bond donors (Lipinski definition) is 2. The van der Waals surface area contributed by atoms with Crippen molar-refractivity contribution in [3.8, 4) is 0 Å². The second kappa shape index (κ2) is 5.28. The predicted octanol–water partition coefficient (Wildman–Crippen LogP) is 0.888. The summed E-state index contributed by atoms with van der Waals surface area (Å²) < 4.78 is 0. The van der Waals surface area contributed by atoms with E-state index in [1.165, 1.54) is 0 Å². The zero-order chi connectivity index (χ0) is 16.1. The number of fused-ring (bicyclic) bond motifs is 5. The Morgan fingerprint density at radius 3 is 2.13 bits per heavy atom. The molecule has 2 N–H and O–H groups in total. The Kier molecular flexibility index (Phi) is 3.36. The van der Waals surface area contributed by atoms with E-state index in [-0.39, 0.29) is 35.5 Å². The summed E-state index contributed by atoms with van der Waals surface area (Å²) in [6.45, 7) is -0.449. The highest BCUT2D eigenvalue weighted by Gasteiger charge is 2.60. The molecule has 0 radical (unpaired) electrons. The van der Waals surface area contributed by atoms with Crippen LogP contribution < -0.4 is 0 Å². The van der Waals surface area contributed by atoms with Gasteiger partial charge in [0.05, 0.1) is 24.5 Å². The fourth-order valence-corrected chi connectivity index (χ4v) is 4.45. The first kappa shape index (κ1) is 14.6. The third-order valence-corrected chi connectivity index (χ3v) is 5.53. The second-order valence-corrected chi connectivity index (χ2v) is 6.65. The quantitative estimate of drug-likeness (QED) is 0.639. The molecule has 1 aromatic rings. The van der Waals surface area contributed by atoms with Crippen LogP contribution in [0.25, 0.3) is 0 Å². The maximum atomic E-state index is 12.8. The Hall–Kier alpha value is -1.98. The van der Waals surface area contributed by atoms with Gasteiger partial charge in [0.25, 0.3) is 0 Å². The summed E-state index contributed by atoms with van der Waals surface area (Å²) >= 11 is 0. The molecule has 120 valence electrons. The lowest BCUT2D eigenvalue weighted by Gasteiger charge is -2.30. The number of imide groups is 1. The summed E-state index contributed by atoms with van der Waals surface area (Å²) in [5.74, 6) is -0.861. The molecular weight excluding hydrogens is 294 g/mol. The van der Waals surface area contributed by atoms with Crippen molar-refractivity contribution in [1.82, 2.24) is 4.90 Å². The number of rotatable bonds is 4. The third kappa shape index (κ3) is 2.00. The van der Waals surface area contributed by atoms with Crippen LogP contribution in [-0.2, 0) is 9.59 Å². The van der Waals surface area contributed by atoms with Gasteiger partial charge in [0, 0.05) is 0 Å². The smallest absolute Gasteiger partial charge is 0.234 e. The highest BCUT2D eigenvalue weighted by atomic mass is 16.3. The third-order valence-electron chi connectivity index (χ3n) is 5.53. The van der Waals surface area contributed by atoms with Crippen LogP contribution in [0.5, 0.6) is 0 Å². The van der Waals surface area contributed by atoms with Crippen LogP contribution in [0.4, 0.5) is 0 Å². The van der Waals surface area contributed by atoms with E-state index in [0.717, 1.165) is 11.3 Å². The van der Waals surface area contributed by atoms with E-state index in [1.807, 2.05) is 18.2 Å². The van der Waals surface area contributed by atoms with Crippen LogP contribution in [-0.4, -0.2) is 39.6 Å². The second-order valence-electron chi connectivity index (χ2n) is 6.65. The molecule has 5 nitrogen and oxygen atoms in total. The SMILES string of the molecule is O=C1C2C(C(=O)N1[C@@H](CO)[C@@H](O)c1ccccc1)[C@H]1C=C[C@@H]2C1. The van der Waals surface area contributed by atoms with Gasteiger partial charge in [0.1, 0.15) is 6.10 Å². The maximum absolute atomic E-state index is 12.8. The molecule has 1 aliphatic heterocycles. The normalized spacial score (nSPS) is 34.1. The van der Waals surface area contributed by atoms with Crippen LogP contribution in [0.15, 0.2) is 42.5 Å². The van der Waals surface area contributed by atoms with Crippen molar-refractivity contribution < 1.29 is 19.8 Å². The molecule has 2 amide bonds. The highest BCUT2D eigenvalue weighted by Crippen LogP contribution is 2.53. The molecule has 1 heterocycles. The number of carbonyl (C=O) groups excluding carboxylic acids is 2. The monoisotopic (exact) mass is 313 g/mol. The van der Waals surface area contributed by atoms with Crippen LogP contribution in [0.2, 0.25) is 0 Å². The Balaban J connectivity index is 1.64. The Morgan fingerprint density at radius 2 is 1.61 bits per heavy atom. The van der Waals surface area contributed by atoms with Gasteiger partial charge in [-0.3, -0.25) is 14.5 Å². The molecule has 2 unspecified atom stereocenters. The van der Waals surface area contributed by atoms with Gasteiger partial charge in [-0.25, -0.2) is 0 Å². The fourth-order valence-electron chi connectivity index (χ4n) is 4.45. The summed E-state index contributed by atoms with van der Waals surface area (Å²) in [6.07, 6.45) is 3.84. The number of amides is 2. The molecule has 2 fully saturated rings. The minimum Gasteiger partial charge on any atom is -0.394 e. The molecule has 0 spiro atoms. The summed E-state index contributed by atoms with van der Waals surface area (Å²) in [5, 5.41) is 20.3. The van der Waals surface area contributed by atoms with Crippen LogP contribution in [0.1, 0.15) is 18.1 Å². The van der Waals surface area contributed by atoms with Crippen molar-refractivity contribution in [3.05, 3.63) is 48.0 Å². The van der Waals surface area contributed by atoms with Gasteiger partial charge in [-0.2, -0.15) is 0 Å². The summed E-state index contributed by atoms with van der Waals surface area (Å²) in [6, 6.07) is 7.90. The van der Waals surface area contributed by atoms with E-state index in [1.54, 1.807) is 24.3 Å². The zero-order valence-corrected chi connectivity index (χ0v) is 12.6. The molecular formula is C18H19NO4. The van der Waals surface area contributed by atoms with Gasteiger partial charge in [-0.1, -0.05) is 42.5 Å². The molecule has 4 rings (SSSR count). The number of carbonyl (C=O) groups is 2. The van der Waals surface area contributed by atoms with Crippen LogP contribution in [0.3, 0.4) is 0 Å². The van der Waals surface area contributed by atoms with Crippen molar-refractivity contribution in [2.75, 3.05) is 6.61 Å². The van der Waals surface area contributed by atoms with Gasteiger partial charge in [0.2, 0.25) is 11.8 Å². The Morgan fingerprint density at radius 1 is 1.04 bits per heavy atom. The lowest BCUT2D eigenvalue weighted by Crippen LogP contribution is -2.47. The average Bonchev–Trinajstić information content (AvgIpc) is 3.25. The number of nitrogens with zero attached hydrogens (tertiary/aromatic N) is 1. The fraction of sp³-hybridized carbons (Fsp3) is 0.444. The van der Waals surface area contributed by atoms with E-state index in [4.69, 9.17) is 0 Å². The first-order valence-electron chi connectivity index (χ1n) is 8.02. The molecule has 3 aliphatic rings. The van der Waals surface area contributed by atoms with E-state index >= 15 is 0 Å². The van der Waals surface area contributed by atoms with Crippen molar-refractivity contribution in [3.63, 3.8) is 0 Å². The first-order chi connectivity index (χ1) is 11.1. The molecule has 1 aromatic carbocycles. The zero-order valence-electron chi connectivity index (χ0n) is 12.6. The molecule has 23 heavy (non-hydrogen) atoms. The van der Waals surface area contributed by atoms with Crippen molar-refractivity contribution in [2.45, 2.75) is 18.6 Å². The summed E-state index contributed by atoms with van der Waals surface area (Å²) in [5.41, 5.74) is 0.588. The minimum atomic E-state index is -1.08. The van der Waals surface area contributed by atoms with Crippen LogP contribution >= 0.6 is 0 Å². The lowest BCUT2D eigenvalue weighted by molar-refractivity contribution is -0.148. The van der Waals surface area contributed by atoms with Gasteiger partial charge < -0.3 is 10.2 Å². The molecule has 5 heteroatoms. The van der Waals surface area contributed by atoms with Crippen molar-refractivity contribution in [1.29, 1.82) is 0 Å². The number of aliphatic hydroxyl groups is 2. The van der Waals surface area contributed by atoms with Crippen molar-refractivity contribution >= 4 is 11.8 Å². The van der Waals surface area contributed by atoms with E-state index in [2.05, 4.69) is 0 Å². The molecule has 2 bridgehead atoms. The summed E-state index contributed by atoms with van der Waals surface area (Å²) in [4.78, 5) is 26.7. The Bertz CT molecular complexity index is 641. The largest absolute Gasteiger partial charge is 0.394 e. The van der Waals surface area contributed by atoms with Gasteiger partial charge in [0.15, 0.2) is 0 Å². The highest BCUT2D eigenvalue weighted by molar-refractivity contribution is 6.06. The molecule has 1 saturated heterocycles. The first-order valence-corrected chi connectivity index (χ1v) is 8.02. The van der Waals surface area contributed by atoms with E-state index in [9.17, 15) is 19.8 Å².